The zero-order valence-corrected chi connectivity index (χ0v) is 11.5. The molecule has 0 aliphatic carbocycles. The summed E-state index contributed by atoms with van der Waals surface area (Å²) in [6.07, 6.45) is 0. The van der Waals surface area contributed by atoms with E-state index in [0.717, 1.165) is 0 Å². The van der Waals surface area contributed by atoms with Crippen LogP contribution in [0.1, 0.15) is 11.3 Å². The van der Waals surface area contributed by atoms with Crippen LogP contribution in [-0.4, -0.2) is 34.8 Å². The molecule has 0 saturated carbocycles. The lowest BCUT2D eigenvalue weighted by atomic mass is 10.2. The molecule has 0 fully saturated rings. The van der Waals surface area contributed by atoms with E-state index in [0.29, 0.717) is 11.3 Å². The first-order chi connectivity index (χ1) is 7.92. The fourth-order valence-corrected chi connectivity index (χ4v) is 3.58. The number of nitrogens with zero attached hydrogens (tertiary/aromatic N) is 1. The Hall–Kier alpha value is -0.700. The molecule has 0 unspecified atom stereocenters. The summed E-state index contributed by atoms with van der Waals surface area (Å²) in [7, 11) is -3.61. The van der Waals surface area contributed by atoms with Gasteiger partial charge in [0.1, 0.15) is 6.61 Å². The van der Waals surface area contributed by atoms with Gasteiger partial charge in [0, 0.05) is 16.6 Å². The van der Waals surface area contributed by atoms with Crippen molar-refractivity contribution in [3.8, 4) is 5.75 Å². The molecule has 2 N–H and O–H groups in total. The summed E-state index contributed by atoms with van der Waals surface area (Å²) < 4.78 is 23.5. The molecule has 0 bridgehead atoms. The topological polar surface area (TPSA) is 96.7 Å². The molecule has 96 valence electrons. The average Bonchev–Trinajstić information content (AvgIpc) is 2.23. The summed E-state index contributed by atoms with van der Waals surface area (Å²) in [5.74, 6) is -0.591. The van der Waals surface area contributed by atoms with Crippen LogP contribution in [0.2, 0.25) is 0 Å². The number of aromatic nitrogens is 1. The Morgan fingerprint density at radius 2 is 2.18 bits per heavy atom. The highest BCUT2D eigenvalue weighted by Gasteiger charge is 2.21. The van der Waals surface area contributed by atoms with Crippen molar-refractivity contribution in [1.29, 1.82) is 0 Å². The van der Waals surface area contributed by atoms with Crippen molar-refractivity contribution in [1.82, 2.24) is 4.98 Å². The van der Waals surface area contributed by atoms with Crippen LogP contribution >= 0.6 is 15.9 Å². The van der Waals surface area contributed by atoms with E-state index in [9.17, 15) is 13.5 Å². The lowest BCUT2D eigenvalue weighted by Gasteiger charge is -2.09. The molecular formula is C9H12BrNO5S. The Balaban J connectivity index is 3.25. The standard InChI is InChI=1S/C9H12BrNO5S/c1-6-7(5-16-13)4-8(12)9(11-6)17(14,15)3-2-10/h4,12-13H,2-3,5H2,1H3. The fraction of sp³-hybridized carbons (Fsp3) is 0.444. The summed E-state index contributed by atoms with van der Waals surface area (Å²) in [6, 6.07) is 1.22. The normalized spacial score (nSPS) is 11.7. The average molecular weight is 326 g/mol. The number of hydrogen-bond donors (Lipinski definition) is 2. The molecule has 0 saturated heterocycles. The second kappa shape index (κ2) is 5.76. The van der Waals surface area contributed by atoms with Gasteiger partial charge in [-0.3, -0.25) is 5.26 Å². The van der Waals surface area contributed by atoms with Crippen molar-refractivity contribution >= 4 is 25.8 Å². The molecule has 0 spiro atoms. The van der Waals surface area contributed by atoms with Gasteiger partial charge in [-0.1, -0.05) is 15.9 Å². The number of rotatable bonds is 5. The molecule has 1 aromatic rings. The third-order valence-corrected chi connectivity index (χ3v) is 4.68. The van der Waals surface area contributed by atoms with Crippen molar-refractivity contribution < 1.29 is 23.7 Å². The van der Waals surface area contributed by atoms with E-state index in [1.807, 2.05) is 0 Å². The van der Waals surface area contributed by atoms with E-state index in [2.05, 4.69) is 25.8 Å². The highest BCUT2D eigenvalue weighted by Crippen LogP contribution is 2.24. The predicted octanol–water partition coefficient (Wildman–Crippen LogP) is 1.25. The Kier molecular flexibility index (Phi) is 4.87. The minimum absolute atomic E-state index is 0.150. The van der Waals surface area contributed by atoms with Gasteiger partial charge >= 0.3 is 0 Å². The van der Waals surface area contributed by atoms with Crippen LogP contribution in [0.4, 0.5) is 0 Å². The van der Waals surface area contributed by atoms with Crippen molar-refractivity contribution in [3.63, 3.8) is 0 Å². The third-order valence-electron chi connectivity index (χ3n) is 2.12. The number of sulfone groups is 1. The van der Waals surface area contributed by atoms with E-state index < -0.39 is 15.6 Å². The van der Waals surface area contributed by atoms with E-state index in [1.165, 1.54) is 6.07 Å². The minimum atomic E-state index is -3.61. The largest absolute Gasteiger partial charge is 0.505 e. The number of hydrogen-bond acceptors (Lipinski definition) is 6. The van der Waals surface area contributed by atoms with Crippen molar-refractivity contribution in [2.75, 3.05) is 11.1 Å². The molecule has 0 atom stereocenters. The fourth-order valence-electron chi connectivity index (χ4n) is 1.26. The maximum atomic E-state index is 11.7. The van der Waals surface area contributed by atoms with Gasteiger partial charge in [-0.2, -0.15) is 0 Å². The number of aryl methyl sites for hydroxylation is 1. The van der Waals surface area contributed by atoms with Crippen LogP contribution in [0.25, 0.3) is 0 Å². The maximum Gasteiger partial charge on any atom is 0.200 e. The Labute approximate surface area is 107 Å². The summed E-state index contributed by atoms with van der Waals surface area (Å²) in [6.45, 7) is 1.41. The maximum absolute atomic E-state index is 11.7. The van der Waals surface area contributed by atoms with Gasteiger partial charge in [0.05, 0.1) is 5.75 Å². The third kappa shape index (κ3) is 3.38. The van der Waals surface area contributed by atoms with Crippen molar-refractivity contribution in [2.24, 2.45) is 0 Å². The molecular weight excluding hydrogens is 314 g/mol. The Morgan fingerprint density at radius 3 is 2.71 bits per heavy atom. The lowest BCUT2D eigenvalue weighted by molar-refractivity contribution is -0.253. The summed E-state index contributed by atoms with van der Waals surface area (Å²) >= 11 is 3.02. The van der Waals surface area contributed by atoms with Crippen LogP contribution in [-0.2, 0) is 21.3 Å². The monoisotopic (exact) mass is 325 g/mol. The van der Waals surface area contributed by atoms with Gasteiger partial charge in [0.2, 0.25) is 0 Å². The molecule has 0 aliphatic rings. The molecule has 6 nitrogen and oxygen atoms in total. The second-order valence-corrected chi connectivity index (χ2v) is 6.16. The number of alkyl halides is 1. The molecule has 1 rings (SSSR count). The molecule has 1 heterocycles. The molecule has 1 aromatic heterocycles. The highest BCUT2D eigenvalue weighted by molar-refractivity contribution is 9.09. The molecule has 0 amide bonds. The number of pyridine rings is 1. The molecule has 0 aliphatic heterocycles. The van der Waals surface area contributed by atoms with E-state index in [4.69, 9.17) is 5.26 Å². The van der Waals surface area contributed by atoms with E-state index >= 15 is 0 Å². The summed E-state index contributed by atoms with van der Waals surface area (Å²) in [5, 5.41) is 17.8. The lowest BCUT2D eigenvalue weighted by Crippen LogP contribution is -2.11. The van der Waals surface area contributed by atoms with Gasteiger partial charge < -0.3 is 5.11 Å². The molecule has 0 aromatic carbocycles. The Morgan fingerprint density at radius 1 is 1.53 bits per heavy atom. The first-order valence-corrected chi connectivity index (χ1v) is 7.44. The van der Waals surface area contributed by atoms with Gasteiger partial charge in [-0.05, 0) is 13.0 Å². The van der Waals surface area contributed by atoms with Gasteiger partial charge in [-0.15, -0.1) is 0 Å². The van der Waals surface area contributed by atoms with Crippen molar-refractivity contribution in [3.05, 3.63) is 17.3 Å². The second-order valence-electron chi connectivity index (χ2n) is 3.34. The van der Waals surface area contributed by atoms with Crippen LogP contribution in [0.3, 0.4) is 0 Å². The van der Waals surface area contributed by atoms with Crippen LogP contribution in [0, 0.1) is 6.92 Å². The van der Waals surface area contributed by atoms with Crippen LogP contribution < -0.4 is 0 Å². The quantitative estimate of drug-likeness (QED) is 0.480. The van der Waals surface area contributed by atoms with E-state index in [1.54, 1.807) is 6.92 Å². The Bertz CT molecular complexity index is 502. The zero-order chi connectivity index (χ0) is 13.1. The summed E-state index contributed by atoms with van der Waals surface area (Å²) in [4.78, 5) is 7.76. The minimum Gasteiger partial charge on any atom is -0.505 e. The van der Waals surface area contributed by atoms with Crippen molar-refractivity contribution in [2.45, 2.75) is 18.6 Å². The number of halogens is 1. The molecule has 17 heavy (non-hydrogen) atoms. The predicted molar refractivity (Wildman–Crippen MR) is 63.9 cm³/mol. The highest BCUT2D eigenvalue weighted by atomic mass is 79.9. The van der Waals surface area contributed by atoms with E-state index in [-0.39, 0.29) is 22.7 Å². The van der Waals surface area contributed by atoms with Gasteiger partial charge in [-0.25, -0.2) is 18.3 Å². The SMILES string of the molecule is Cc1nc(S(=O)(=O)CCBr)c(O)cc1COO. The van der Waals surface area contributed by atoms with Crippen LogP contribution in [0.5, 0.6) is 5.75 Å². The first kappa shape index (κ1) is 14.4. The molecule has 8 heteroatoms. The zero-order valence-electron chi connectivity index (χ0n) is 9.05. The molecule has 0 radical (unpaired) electrons. The smallest absolute Gasteiger partial charge is 0.200 e. The summed E-state index contributed by atoms with van der Waals surface area (Å²) in [5.41, 5.74) is 0.799. The first-order valence-electron chi connectivity index (χ1n) is 4.67. The van der Waals surface area contributed by atoms with Crippen LogP contribution in [0.15, 0.2) is 11.1 Å². The van der Waals surface area contributed by atoms with Gasteiger partial charge in [0.15, 0.2) is 20.6 Å². The van der Waals surface area contributed by atoms with Gasteiger partial charge in [0.25, 0.3) is 0 Å². The number of aromatic hydroxyl groups is 1.